The van der Waals surface area contributed by atoms with Crippen molar-refractivity contribution >= 4 is 29.0 Å². The Labute approximate surface area is 220 Å². The molecule has 3 aliphatic rings. The van der Waals surface area contributed by atoms with Crippen LogP contribution in [-0.2, 0) is 9.53 Å². The number of hydrogen-bond acceptors (Lipinski definition) is 8. The van der Waals surface area contributed by atoms with E-state index < -0.39 is 0 Å². The molecule has 1 amide bonds. The second kappa shape index (κ2) is 9.76. The number of carbonyl (C=O) groups excluding carboxylic acids is 1. The minimum Gasteiger partial charge on any atom is -0.404 e. The predicted octanol–water partition coefficient (Wildman–Crippen LogP) is 2.74. The van der Waals surface area contributed by atoms with Crippen LogP contribution in [-0.4, -0.2) is 70.0 Å². The summed E-state index contributed by atoms with van der Waals surface area (Å²) in [6.07, 6.45) is 12.4. The number of nitriles is 1. The lowest BCUT2D eigenvalue weighted by Gasteiger charge is -2.41. The molecule has 2 unspecified atom stereocenters. The van der Waals surface area contributed by atoms with Crippen LogP contribution in [0.1, 0.15) is 30.4 Å². The van der Waals surface area contributed by atoms with Gasteiger partial charge in [-0.3, -0.25) is 4.79 Å². The highest BCUT2D eigenvalue weighted by Gasteiger charge is 2.43. The number of rotatable bonds is 5. The maximum Gasteiger partial charge on any atom is 0.257 e. The highest BCUT2D eigenvalue weighted by molar-refractivity contribution is 6.11. The highest BCUT2D eigenvalue weighted by atomic mass is 16.5. The van der Waals surface area contributed by atoms with Gasteiger partial charge in [0.05, 0.1) is 48.1 Å². The van der Waals surface area contributed by atoms with E-state index in [4.69, 9.17) is 20.9 Å². The van der Waals surface area contributed by atoms with Gasteiger partial charge in [0.15, 0.2) is 0 Å². The van der Waals surface area contributed by atoms with E-state index in [1.54, 1.807) is 10.7 Å². The first kappa shape index (κ1) is 23.9. The van der Waals surface area contributed by atoms with Gasteiger partial charge in [0.2, 0.25) is 0 Å². The molecule has 0 radical (unpaired) electrons. The summed E-state index contributed by atoms with van der Waals surface area (Å²) < 4.78 is 7.26. The molecule has 6 heterocycles. The number of piperazine rings is 1. The van der Waals surface area contributed by atoms with Gasteiger partial charge in [-0.05, 0) is 48.6 Å². The molecule has 38 heavy (non-hydrogen) atoms. The Morgan fingerprint density at radius 2 is 2.03 bits per heavy atom. The smallest absolute Gasteiger partial charge is 0.257 e. The third-order valence-corrected chi connectivity index (χ3v) is 7.75. The van der Waals surface area contributed by atoms with Gasteiger partial charge in [0.1, 0.15) is 11.9 Å². The number of carbonyl (C=O) groups is 1. The lowest BCUT2D eigenvalue weighted by molar-refractivity contribution is -0.129. The number of nitrogens with one attached hydrogen (secondary N) is 1. The fourth-order valence-electron chi connectivity index (χ4n) is 5.87. The number of pyridine rings is 2. The fourth-order valence-corrected chi connectivity index (χ4v) is 5.87. The molecule has 0 saturated carbocycles. The third-order valence-electron chi connectivity index (χ3n) is 7.75. The normalized spacial score (nSPS) is 21.3. The molecule has 0 aliphatic carbocycles. The van der Waals surface area contributed by atoms with Crippen molar-refractivity contribution in [3.63, 3.8) is 0 Å². The Bertz CT molecular complexity index is 1500. The number of aromatic nitrogens is 3. The first-order valence-corrected chi connectivity index (χ1v) is 12.8. The number of ether oxygens (including phenoxy) is 1. The number of hydrogen-bond donors (Lipinski definition) is 2. The van der Waals surface area contributed by atoms with Crippen molar-refractivity contribution in [2.75, 3.05) is 31.2 Å². The van der Waals surface area contributed by atoms with Crippen LogP contribution in [0.15, 0.2) is 54.6 Å². The molecular formula is C28H28N8O2. The van der Waals surface area contributed by atoms with Crippen LogP contribution < -0.4 is 10.6 Å². The molecule has 3 aliphatic heterocycles. The van der Waals surface area contributed by atoms with E-state index in [9.17, 15) is 10.1 Å². The number of fused-ring (bicyclic) bond motifs is 3. The first-order valence-electron chi connectivity index (χ1n) is 12.8. The quantitative estimate of drug-likeness (QED) is 0.399. The molecule has 2 fully saturated rings. The minimum absolute atomic E-state index is 0.0617. The Kier molecular flexibility index (Phi) is 6.13. The zero-order valence-electron chi connectivity index (χ0n) is 20.9. The summed E-state index contributed by atoms with van der Waals surface area (Å²) in [6.45, 7) is 2.64. The number of nitrogens with zero attached hydrogens (tertiary/aromatic N) is 6. The van der Waals surface area contributed by atoms with E-state index in [2.05, 4.69) is 28.2 Å². The van der Waals surface area contributed by atoms with E-state index in [1.165, 1.54) is 11.8 Å². The van der Waals surface area contributed by atoms with Gasteiger partial charge in [-0.2, -0.15) is 10.4 Å². The van der Waals surface area contributed by atoms with Crippen molar-refractivity contribution in [3.05, 3.63) is 65.8 Å². The van der Waals surface area contributed by atoms with Crippen LogP contribution >= 0.6 is 0 Å². The van der Waals surface area contributed by atoms with Gasteiger partial charge < -0.3 is 25.7 Å². The molecule has 2 atom stereocenters. The summed E-state index contributed by atoms with van der Waals surface area (Å²) in [5.41, 5.74) is 11.1. The second-order valence-corrected chi connectivity index (χ2v) is 9.83. The Morgan fingerprint density at radius 1 is 1.21 bits per heavy atom. The largest absolute Gasteiger partial charge is 0.404 e. The molecule has 3 aromatic rings. The number of anilines is 1. The molecule has 3 N–H and O–H groups in total. The third kappa shape index (κ3) is 4.01. The Balaban J connectivity index is 1.30. The number of nitrogens with two attached hydrogens (primary N) is 1. The molecule has 2 bridgehead atoms. The summed E-state index contributed by atoms with van der Waals surface area (Å²) in [4.78, 5) is 21.8. The van der Waals surface area contributed by atoms with Gasteiger partial charge in [-0.15, -0.1) is 0 Å². The van der Waals surface area contributed by atoms with Crippen molar-refractivity contribution < 1.29 is 9.53 Å². The molecule has 3 aromatic heterocycles. The molecule has 2 saturated heterocycles. The maximum atomic E-state index is 12.9. The van der Waals surface area contributed by atoms with Crippen molar-refractivity contribution in [3.8, 4) is 17.2 Å². The summed E-state index contributed by atoms with van der Waals surface area (Å²) in [6, 6.07) is 8.55. The monoisotopic (exact) mass is 508 g/mol. The highest BCUT2D eigenvalue weighted by Crippen LogP contribution is 2.35. The van der Waals surface area contributed by atoms with Crippen LogP contribution in [0.3, 0.4) is 0 Å². The average Bonchev–Trinajstić information content (AvgIpc) is 3.50. The van der Waals surface area contributed by atoms with E-state index in [1.807, 2.05) is 29.4 Å². The Hall–Kier alpha value is -4.49. The molecular weight excluding hydrogens is 480 g/mol. The topological polar surface area (TPSA) is 137 Å². The van der Waals surface area contributed by atoms with Gasteiger partial charge >= 0.3 is 0 Å². The van der Waals surface area contributed by atoms with Crippen molar-refractivity contribution in [1.29, 1.82) is 10.7 Å². The maximum absolute atomic E-state index is 12.9. The van der Waals surface area contributed by atoms with Crippen molar-refractivity contribution in [2.24, 2.45) is 5.73 Å². The number of amides is 1. The van der Waals surface area contributed by atoms with Gasteiger partial charge in [-0.1, -0.05) is 6.08 Å². The minimum atomic E-state index is -0.171. The fraction of sp³-hybridized carbons (Fsp3) is 0.321. The molecule has 0 spiro atoms. The van der Waals surface area contributed by atoms with Crippen LogP contribution in [0.5, 0.6) is 0 Å². The van der Waals surface area contributed by atoms with E-state index in [-0.39, 0.29) is 23.6 Å². The summed E-state index contributed by atoms with van der Waals surface area (Å²) in [5.74, 6) is 0.684. The molecule has 192 valence electrons. The SMILES string of the molecule is N#Cc1cnn2cc(C3=CCOCC3)cc(-c3ccc(N4CC5CCC(C4)N5C(=O)/C(C=N)=C/N)nc3)c12. The zero-order valence-corrected chi connectivity index (χ0v) is 20.9. The van der Waals surface area contributed by atoms with Gasteiger partial charge in [0, 0.05) is 49.0 Å². The second-order valence-electron chi connectivity index (χ2n) is 9.83. The predicted molar refractivity (Wildman–Crippen MR) is 143 cm³/mol. The van der Waals surface area contributed by atoms with Gasteiger partial charge in [0.25, 0.3) is 5.91 Å². The average molecular weight is 509 g/mol. The Morgan fingerprint density at radius 3 is 2.66 bits per heavy atom. The van der Waals surface area contributed by atoms with Gasteiger partial charge in [-0.25, -0.2) is 9.50 Å². The zero-order chi connectivity index (χ0) is 26.2. The van der Waals surface area contributed by atoms with Crippen LogP contribution in [0.4, 0.5) is 5.82 Å². The lowest BCUT2D eigenvalue weighted by atomic mass is 9.98. The molecule has 10 nitrogen and oxygen atoms in total. The van der Waals surface area contributed by atoms with Crippen LogP contribution in [0, 0.1) is 16.7 Å². The summed E-state index contributed by atoms with van der Waals surface area (Å²) >= 11 is 0. The molecule has 0 aromatic carbocycles. The summed E-state index contributed by atoms with van der Waals surface area (Å²) in [5, 5.41) is 21.6. The first-order chi connectivity index (χ1) is 18.6. The van der Waals surface area contributed by atoms with E-state index >= 15 is 0 Å². The standard InChI is InChI=1S/C28H28N8O2/c29-10-21(11-30)28(37)36-23-2-3-24(36)17-34(16-23)26-4-1-19(13-32-26)25-9-20(18-5-7-38-8-6-18)15-35-27(25)22(12-31)14-33-35/h1,4-5,9-11,13-15,23-24,29H,2-3,6-8,16-17,30H2/b21-11+,29-10?. The molecule has 6 rings (SSSR count). The van der Waals surface area contributed by atoms with E-state index in [0.717, 1.165) is 53.5 Å². The molecule has 10 heteroatoms. The van der Waals surface area contributed by atoms with Crippen molar-refractivity contribution in [2.45, 2.75) is 31.3 Å². The lowest BCUT2D eigenvalue weighted by Crippen LogP contribution is -2.56. The van der Waals surface area contributed by atoms with Crippen LogP contribution in [0.2, 0.25) is 0 Å². The summed E-state index contributed by atoms with van der Waals surface area (Å²) in [7, 11) is 0. The van der Waals surface area contributed by atoms with E-state index in [0.29, 0.717) is 31.9 Å². The van der Waals surface area contributed by atoms with Crippen LogP contribution in [0.25, 0.3) is 22.2 Å². The van der Waals surface area contributed by atoms with Crippen molar-refractivity contribution in [1.82, 2.24) is 19.5 Å².